The normalized spacial score (nSPS) is 24.7. The van der Waals surface area contributed by atoms with Gasteiger partial charge < -0.3 is 19.9 Å². The van der Waals surface area contributed by atoms with Crippen LogP contribution in [0.2, 0.25) is 0 Å². The van der Waals surface area contributed by atoms with E-state index in [1.54, 1.807) is 15.9 Å². The Labute approximate surface area is 146 Å². The number of carbonyl (C=O) groups is 2. The van der Waals surface area contributed by atoms with Crippen molar-refractivity contribution < 1.29 is 18.7 Å². The smallest absolute Gasteiger partial charge is 0.254 e. The number of rotatable bonds is 2. The van der Waals surface area contributed by atoms with Crippen molar-refractivity contribution in [3.63, 3.8) is 0 Å². The van der Waals surface area contributed by atoms with Crippen LogP contribution in [0.4, 0.5) is 4.39 Å². The minimum Gasteiger partial charge on any atom is -0.375 e. The van der Waals surface area contributed by atoms with Gasteiger partial charge in [0, 0.05) is 38.3 Å². The van der Waals surface area contributed by atoms with E-state index in [9.17, 15) is 14.0 Å². The quantitative estimate of drug-likeness (QED) is 0.861. The highest BCUT2D eigenvalue weighted by Gasteiger charge is 2.33. The number of ether oxygens (including phenoxy) is 1. The zero-order valence-corrected chi connectivity index (χ0v) is 14.4. The van der Waals surface area contributed by atoms with Crippen molar-refractivity contribution in [2.24, 2.45) is 0 Å². The van der Waals surface area contributed by atoms with Crippen LogP contribution in [0.3, 0.4) is 0 Å². The topological polar surface area (TPSA) is 61.9 Å². The van der Waals surface area contributed by atoms with E-state index in [1.165, 1.54) is 18.2 Å². The summed E-state index contributed by atoms with van der Waals surface area (Å²) in [4.78, 5) is 28.8. The molecule has 2 heterocycles. The van der Waals surface area contributed by atoms with Crippen LogP contribution in [0.15, 0.2) is 24.3 Å². The van der Waals surface area contributed by atoms with E-state index >= 15 is 0 Å². The lowest BCUT2D eigenvalue weighted by Crippen LogP contribution is -2.56. The zero-order valence-electron chi connectivity index (χ0n) is 14.4. The van der Waals surface area contributed by atoms with Crippen molar-refractivity contribution in [1.82, 2.24) is 15.1 Å². The number of halogens is 1. The molecule has 6 nitrogen and oxygen atoms in total. The minimum absolute atomic E-state index is 0.0206. The first kappa shape index (κ1) is 17.8. The van der Waals surface area contributed by atoms with Crippen LogP contribution in [-0.2, 0) is 9.53 Å². The number of benzene rings is 1. The van der Waals surface area contributed by atoms with Gasteiger partial charge in [0.25, 0.3) is 5.91 Å². The number of amides is 2. The maximum absolute atomic E-state index is 13.3. The molecule has 0 unspecified atom stereocenters. The third-order valence-electron chi connectivity index (χ3n) is 4.75. The fraction of sp³-hybridized carbons (Fsp3) is 0.556. The third-order valence-corrected chi connectivity index (χ3v) is 4.75. The number of nitrogens with zero attached hydrogens (tertiary/aromatic N) is 2. The molecule has 7 heteroatoms. The van der Waals surface area contributed by atoms with E-state index in [2.05, 4.69) is 5.32 Å². The number of hydrogen-bond donors (Lipinski definition) is 1. The SMILES string of the molecule is C[C@H]1OCCN[C@@H]1C(=O)N1CCCN(C(=O)c2cccc(F)c2)CC1. The second-order valence-electron chi connectivity index (χ2n) is 6.49. The Morgan fingerprint density at radius 3 is 2.72 bits per heavy atom. The lowest BCUT2D eigenvalue weighted by molar-refractivity contribution is -0.139. The molecule has 0 spiro atoms. The van der Waals surface area contributed by atoms with Crippen molar-refractivity contribution >= 4 is 11.8 Å². The molecule has 2 fully saturated rings. The molecule has 0 aliphatic carbocycles. The Morgan fingerprint density at radius 1 is 1.20 bits per heavy atom. The molecule has 2 saturated heterocycles. The molecule has 0 bridgehead atoms. The highest BCUT2D eigenvalue weighted by molar-refractivity contribution is 5.94. The molecular weight excluding hydrogens is 325 g/mol. The molecule has 1 aromatic rings. The first-order valence-electron chi connectivity index (χ1n) is 8.75. The van der Waals surface area contributed by atoms with E-state index in [4.69, 9.17) is 4.74 Å². The van der Waals surface area contributed by atoms with Crippen molar-refractivity contribution in [3.05, 3.63) is 35.6 Å². The Hall–Kier alpha value is -1.99. The average Bonchev–Trinajstić information content (AvgIpc) is 2.87. The average molecular weight is 349 g/mol. The number of morpholine rings is 1. The fourth-order valence-corrected chi connectivity index (χ4v) is 3.35. The molecular formula is C18H24FN3O3. The highest BCUT2D eigenvalue weighted by atomic mass is 19.1. The van der Waals surface area contributed by atoms with Gasteiger partial charge in [-0.25, -0.2) is 4.39 Å². The molecule has 136 valence electrons. The first-order chi connectivity index (χ1) is 12.1. The zero-order chi connectivity index (χ0) is 17.8. The summed E-state index contributed by atoms with van der Waals surface area (Å²) >= 11 is 0. The molecule has 2 atom stereocenters. The first-order valence-corrected chi connectivity index (χ1v) is 8.75. The number of nitrogens with one attached hydrogen (secondary N) is 1. The molecule has 1 N–H and O–H groups in total. The monoisotopic (exact) mass is 349 g/mol. The Kier molecular flexibility index (Phi) is 5.65. The van der Waals surface area contributed by atoms with Crippen LogP contribution in [0.5, 0.6) is 0 Å². The molecule has 3 rings (SSSR count). The predicted molar refractivity (Wildman–Crippen MR) is 90.7 cm³/mol. The molecule has 2 aliphatic rings. The second-order valence-corrected chi connectivity index (χ2v) is 6.49. The second kappa shape index (κ2) is 7.93. The number of hydrogen-bond acceptors (Lipinski definition) is 4. The Morgan fingerprint density at radius 2 is 1.96 bits per heavy atom. The van der Waals surface area contributed by atoms with E-state index in [0.29, 0.717) is 51.3 Å². The molecule has 0 radical (unpaired) electrons. The Bertz CT molecular complexity index is 640. The van der Waals surface area contributed by atoms with Gasteiger partial charge in [0.15, 0.2) is 0 Å². The largest absolute Gasteiger partial charge is 0.375 e. The number of carbonyl (C=O) groups excluding carboxylic acids is 2. The summed E-state index contributed by atoms with van der Waals surface area (Å²) in [6.07, 6.45) is 0.545. The maximum Gasteiger partial charge on any atom is 0.254 e. The lowest BCUT2D eigenvalue weighted by atomic mass is 10.1. The van der Waals surface area contributed by atoms with Crippen LogP contribution in [0.25, 0.3) is 0 Å². The summed E-state index contributed by atoms with van der Waals surface area (Å²) in [5.74, 6) is -0.594. The van der Waals surface area contributed by atoms with Gasteiger partial charge in [-0.1, -0.05) is 6.07 Å². The van der Waals surface area contributed by atoms with Crippen molar-refractivity contribution in [2.75, 3.05) is 39.3 Å². The van der Waals surface area contributed by atoms with Gasteiger partial charge in [0.2, 0.25) is 5.91 Å². The van der Waals surface area contributed by atoms with Crippen LogP contribution in [0, 0.1) is 5.82 Å². The molecule has 0 aromatic heterocycles. The van der Waals surface area contributed by atoms with Gasteiger partial charge >= 0.3 is 0 Å². The standard InChI is InChI=1S/C18H24FN3O3/c1-13-16(20-6-11-25-13)18(24)22-8-3-7-21(9-10-22)17(23)14-4-2-5-15(19)12-14/h2,4-5,12-13,16,20H,3,6-11H2,1H3/t13-,16+/m1/s1. The van der Waals surface area contributed by atoms with Gasteiger partial charge in [-0.05, 0) is 31.5 Å². The summed E-state index contributed by atoms with van der Waals surface area (Å²) in [5, 5.41) is 3.21. The van der Waals surface area contributed by atoms with Gasteiger partial charge in [0.05, 0.1) is 12.7 Å². The molecule has 2 amide bonds. The minimum atomic E-state index is -0.421. The van der Waals surface area contributed by atoms with Gasteiger partial charge in [0.1, 0.15) is 11.9 Å². The van der Waals surface area contributed by atoms with Gasteiger partial charge in [-0.2, -0.15) is 0 Å². The van der Waals surface area contributed by atoms with E-state index < -0.39 is 5.82 Å². The summed E-state index contributed by atoms with van der Waals surface area (Å²) < 4.78 is 18.9. The summed E-state index contributed by atoms with van der Waals surface area (Å²) in [7, 11) is 0. The van der Waals surface area contributed by atoms with Crippen LogP contribution in [-0.4, -0.2) is 73.1 Å². The van der Waals surface area contributed by atoms with Gasteiger partial charge in [-0.3, -0.25) is 9.59 Å². The van der Waals surface area contributed by atoms with E-state index in [-0.39, 0.29) is 24.0 Å². The molecule has 1 aromatic carbocycles. The fourth-order valence-electron chi connectivity index (χ4n) is 3.35. The van der Waals surface area contributed by atoms with E-state index in [1.807, 2.05) is 6.92 Å². The van der Waals surface area contributed by atoms with Crippen LogP contribution >= 0.6 is 0 Å². The van der Waals surface area contributed by atoms with Crippen molar-refractivity contribution in [1.29, 1.82) is 0 Å². The van der Waals surface area contributed by atoms with Crippen molar-refractivity contribution in [3.8, 4) is 0 Å². The third kappa shape index (κ3) is 4.16. The molecule has 25 heavy (non-hydrogen) atoms. The highest BCUT2D eigenvalue weighted by Crippen LogP contribution is 2.13. The predicted octanol–water partition coefficient (Wildman–Crippen LogP) is 0.877. The lowest BCUT2D eigenvalue weighted by Gasteiger charge is -2.33. The Balaban J connectivity index is 1.62. The molecule has 0 saturated carbocycles. The van der Waals surface area contributed by atoms with Gasteiger partial charge in [-0.15, -0.1) is 0 Å². The molecule has 2 aliphatic heterocycles. The van der Waals surface area contributed by atoms with Crippen LogP contribution < -0.4 is 5.32 Å². The van der Waals surface area contributed by atoms with E-state index in [0.717, 1.165) is 0 Å². The maximum atomic E-state index is 13.3. The summed E-state index contributed by atoms with van der Waals surface area (Å²) in [5.41, 5.74) is 0.343. The van der Waals surface area contributed by atoms with Crippen LogP contribution in [0.1, 0.15) is 23.7 Å². The van der Waals surface area contributed by atoms with Crippen molar-refractivity contribution in [2.45, 2.75) is 25.5 Å². The summed E-state index contributed by atoms with van der Waals surface area (Å²) in [6, 6.07) is 5.39. The summed E-state index contributed by atoms with van der Waals surface area (Å²) in [6.45, 7) is 5.26.